The maximum Gasteiger partial charge on any atom is 0.273 e. The van der Waals surface area contributed by atoms with Crippen molar-refractivity contribution in [2.24, 2.45) is 0 Å². The van der Waals surface area contributed by atoms with Gasteiger partial charge in [0, 0.05) is 29.3 Å². The van der Waals surface area contributed by atoms with E-state index in [-0.39, 0.29) is 29.1 Å². The average molecular weight is 353 g/mol. The first-order valence-electron chi connectivity index (χ1n) is 8.34. The fourth-order valence-electron chi connectivity index (χ4n) is 3.10. The van der Waals surface area contributed by atoms with Crippen molar-refractivity contribution in [3.8, 4) is 0 Å². The van der Waals surface area contributed by atoms with E-state index in [2.05, 4.69) is 10.6 Å². The van der Waals surface area contributed by atoms with E-state index in [9.17, 15) is 19.7 Å². The van der Waals surface area contributed by atoms with Crippen LogP contribution in [0.4, 0.5) is 11.4 Å². The Balaban J connectivity index is 1.79. The van der Waals surface area contributed by atoms with Gasteiger partial charge < -0.3 is 10.6 Å². The molecule has 1 aliphatic rings. The molecule has 1 atom stereocenters. The Kier molecular flexibility index (Phi) is 4.71. The molecule has 2 aromatic carbocycles. The van der Waals surface area contributed by atoms with Gasteiger partial charge >= 0.3 is 0 Å². The van der Waals surface area contributed by atoms with E-state index in [0.717, 1.165) is 16.8 Å². The van der Waals surface area contributed by atoms with Crippen LogP contribution < -0.4 is 10.6 Å². The van der Waals surface area contributed by atoms with Gasteiger partial charge in [0.1, 0.15) is 0 Å². The van der Waals surface area contributed by atoms with E-state index >= 15 is 0 Å². The molecule has 0 bridgehead atoms. The first-order valence-corrected chi connectivity index (χ1v) is 8.34. The standard InChI is InChI=1S/C19H19N3O4/c1-11-15(4-3-5-17(11)22(25)26)19(24)20-12(2)13-6-8-16-14(10-13)7-9-18(23)21-16/h3-6,8,10,12H,7,9H2,1-2H3,(H,20,24)(H,21,23). The molecule has 26 heavy (non-hydrogen) atoms. The largest absolute Gasteiger partial charge is 0.346 e. The summed E-state index contributed by atoms with van der Waals surface area (Å²) < 4.78 is 0. The van der Waals surface area contributed by atoms with Crippen LogP contribution in [0.5, 0.6) is 0 Å². The summed E-state index contributed by atoms with van der Waals surface area (Å²) >= 11 is 0. The number of carbonyl (C=O) groups is 2. The third-order valence-electron chi connectivity index (χ3n) is 4.62. The number of nitrogens with one attached hydrogen (secondary N) is 2. The first kappa shape index (κ1) is 17.6. The van der Waals surface area contributed by atoms with Crippen LogP contribution in [0, 0.1) is 17.0 Å². The molecule has 0 fully saturated rings. The molecule has 2 amide bonds. The number of carbonyl (C=O) groups excluding carboxylic acids is 2. The Hall–Kier alpha value is -3.22. The Labute approximate surface area is 150 Å². The molecular weight excluding hydrogens is 334 g/mol. The van der Waals surface area contributed by atoms with Crippen LogP contribution in [0.2, 0.25) is 0 Å². The van der Waals surface area contributed by atoms with Crippen LogP contribution in [0.3, 0.4) is 0 Å². The lowest BCUT2D eigenvalue weighted by atomic mass is 9.97. The summed E-state index contributed by atoms with van der Waals surface area (Å²) in [5.41, 5.74) is 3.31. The zero-order valence-corrected chi connectivity index (χ0v) is 14.5. The summed E-state index contributed by atoms with van der Waals surface area (Å²) in [5, 5.41) is 16.8. The minimum atomic E-state index is -0.493. The summed E-state index contributed by atoms with van der Waals surface area (Å²) in [5.74, 6) is -0.350. The minimum Gasteiger partial charge on any atom is -0.346 e. The van der Waals surface area contributed by atoms with Crippen molar-refractivity contribution in [1.82, 2.24) is 5.32 Å². The molecule has 0 spiro atoms. The molecule has 0 aliphatic carbocycles. The first-order chi connectivity index (χ1) is 12.4. The van der Waals surface area contributed by atoms with Crippen LogP contribution in [0.15, 0.2) is 36.4 Å². The number of nitrogens with zero attached hydrogens (tertiary/aromatic N) is 1. The second-order valence-electron chi connectivity index (χ2n) is 6.37. The Bertz CT molecular complexity index is 908. The number of fused-ring (bicyclic) bond motifs is 1. The van der Waals surface area contributed by atoms with E-state index in [0.29, 0.717) is 18.4 Å². The van der Waals surface area contributed by atoms with Crippen molar-refractivity contribution >= 4 is 23.2 Å². The zero-order chi connectivity index (χ0) is 18.8. The Morgan fingerprint density at radius 3 is 2.77 bits per heavy atom. The van der Waals surface area contributed by atoms with Crippen LogP contribution in [-0.2, 0) is 11.2 Å². The van der Waals surface area contributed by atoms with Gasteiger partial charge in [0.25, 0.3) is 11.6 Å². The SMILES string of the molecule is Cc1c(C(=O)NC(C)c2ccc3c(c2)CCC(=O)N3)cccc1[N+](=O)[O-]. The fourth-order valence-corrected chi connectivity index (χ4v) is 3.10. The minimum absolute atomic E-state index is 0.00717. The van der Waals surface area contributed by atoms with E-state index < -0.39 is 4.92 Å². The van der Waals surface area contributed by atoms with Crippen molar-refractivity contribution in [1.29, 1.82) is 0 Å². The van der Waals surface area contributed by atoms with Crippen molar-refractivity contribution in [2.45, 2.75) is 32.7 Å². The highest BCUT2D eigenvalue weighted by molar-refractivity contribution is 5.97. The maximum absolute atomic E-state index is 12.6. The molecule has 1 aliphatic heterocycles. The van der Waals surface area contributed by atoms with Gasteiger partial charge in [-0.2, -0.15) is 0 Å². The van der Waals surface area contributed by atoms with Crippen LogP contribution in [0.1, 0.15) is 46.4 Å². The lowest BCUT2D eigenvalue weighted by Crippen LogP contribution is -2.28. The molecule has 0 saturated carbocycles. The number of aryl methyl sites for hydroxylation is 1. The summed E-state index contributed by atoms with van der Waals surface area (Å²) in [4.78, 5) is 34.6. The van der Waals surface area contributed by atoms with Crippen molar-refractivity contribution in [3.63, 3.8) is 0 Å². The lowest BCUT2D eigenvalue weighted by Gasteiger charge is -2.20. The van der Waals surface area contributed by atoms with E-state index in [1.165, 1.54) is 12.1 Å². The van der Waals surface area contributed by atoms with Gasteiger partial charge in [-0.1, -0.05) is 18.2 Å². The number of nitro benzene ring substituents is 1. The topological polar surface area (TPSA) is 101 Å². The molecule has 3 rings (SSSR count). The van der Waals surface area contributed by atoms with Gasteiger partial charge in [0.05, 0.1) is 11.0 Å². The van der Waals surface area contributed by atoms with E-state index in [1.54, 1.807) is 13.0 Å². The van der Waals surface area contributed by atoms with Crippen molar-refractivity contribution in [3.05, 3.63) is 68.8 Å². The molecule has 0 aromatic heterocycles. The normalized spacial score (nSPS) is 14.2. The summed E-state index contributed by atoms with van der Waals surface area (Å²) in [6.45, 7) is 3.42. The lowest BCUT2D eigenvalue weighted by molar-refractivity contribution is -0.385. The second-order valence-corrected chi connectivity index (χ2v) is 6.37. The predicted octanol–water partition coefficient (Wildman–Crippen LogP) is 3.28. The quantitative estimate of drug-likeness (QED) is 0.650. The third-order valence-corrected chi connectivity index (χ3v) is 4.62. The molecule has 0 radical (unpaired) electrons. The van der Waals surface area contributed by atoms with E-state index in [1.807, 2.05) is 25.1 Å². The Morgan fingerprint density at radius 2 is 2.04 bits per heavy atom. The molecular formula is C19H19N3O4. The van der Waals surface area contributed by atoms with Crippen molar-refractivity contribution < 1.29 is 14.5 Å². The highest BCUT2D eigenvalue weighted by Crippen LogP contribution is 2.27. The predicted molar refractivity (Wildman–Crippen MR) is 97.1 cm³/mol. The van der Waals surface area contributed by atoms with Gasteiger partial charge in [-0.05, 0) is 43.5 Å². The number of hydrogen-bond donors (Lipinski definition) is 2. The van der Waals surface area contributed by atoms with Crippen LogP contribution in [-0.4, -0.2) is 16.7 Å². The summed E-state index contributed by atoms with van der Waals surface area (Å²) in [7, 11) is 0. The van der Waals surface area contributed by atoms with Gasteiger partial charge in [-0.25, -0.2) is 0 Å². The number of rotatable bonds is 4. The number of amides is 2. The summed E-state index contributed by atoms with van der Waals surface area (Å²) in [6, 6.07) is 9.86. The number of hydrogen-bond acceptors (Lipinski definition) is 4. The van der Waals surface area contributed by atoms with Gasteiger partial charge in [0.15, 0.2) is 0 Å². The fraction of sp³-hybridized carbons (Fsp3) is 0.263. The average Bonchev–Trinajstić information content (AvgIpc) is 2.60. The third kappa shape index (κ3) is 3.42. The molecule has 7 heteroatoms. The van der Waals surface area contributed by atoms with Crippen molar-refractivity contribution in [2.75, 3.05) is 5.32 Å². The molecule has 2 aromatic rings. The van der Waals surface area contributed by atoms with Gasteiger partial charge in [-0.3, -0.25) is 19.7 Å². The summed E-state index contributed by atoms with van der Waals surface area (Å²) in [6.07, 6.45) is 1.11. The second kappa shape index (κ2) is 6.95. The number of anilines is 1. The molecule has 0 saturated heterocycles. The van der Waals surface area contributed by atoms with Gasteiger partial charge in [-0.15, -0.1) is 0 Å². The van der Waals surface area contributed by atoms with E-state index in [4.69, 9.17) is 0 Å². The molecule has 7 nitrogen and oxygen atoms in total. The molecule has 2 N–H and O–H groups in total. The van der Waals surface area contributed by atoms with Crippen LogP contribution >= 0.6 is 0 Å². The molecule has 1 heterocycles. The number of benzene rings is 2. The monoisotopic (exact) mass is 353 g/mol. The van der Waals surface area contributed by atoms with Crippen LogP contribution in [0.25, 0.3) is 0 Å². The molecule has 1 unspecified atom stereocenters. The maximum atomic E-state index is 12.6. The highest BCUT2D eigenvalue weighted by atomic mass is 16.6. The zero-order valence-electron chi connectivity index (χ0n) is 14.5. The number of nitro groups is 1. The Morgan fingerprint density at radius 1 is 1.27 bits per heavy atom. The smallest absolute Gasteiger partial charge is 0.273 e. The van der Waals surface area contributed by atoms with Gasteiger partial charge in [0.2, 0.25) is 5.91 Å². The molecule has 134 valence electrons. The highest BCUT2D eigenvalue weighted by Gasteiger charge is 2.21.